The molecule has 1 heterocycles. The van der Waals surface area contributed by atoms with Crippen LogP contribution in [0, 0.1) is 13.8 Å². The standard InChI is InChI=1S/C48H76N2.2C28H57.Pd/c1-9-17-24-25-32-46-43(16-8)47(41-33-37(26-18-10-2)44(30-22-14-6)38(34-41)27-19-11-3)50(49)48(46)42-35-39(28-20-12-4)45(31-23-15-7)40(36-42)29-21-13-5;2*1-3-5-7-9-11-13-15-17-19-21-23-25-27-28-26-24-22-20-18-16-14-12-10-8-6-4-2;/h33-36H,9-32H2,1-8H3;2*1,3-28H2,2H3;/q;2*-1;+2. The Morgan fingerprint density at radius 1 is 0.215 bits per heavy atom. The van der Waals surface area contributed by atoms with Gasteiger partial charge < -0.3 is 19.4 Å². The molecule has 0 saturated heterocycles. The molecule has 0 aromatic heterocycles. The number of unbranched alkanes of at least 4 members (excludes halogenated alkanes) is 59. The van der Waals surface area contributed by atoms with Crippen LogP contribution in [-0.2, 0) is 58.9 Å². The summed E-state index contributed by atoms with van der Waals surface area (Å²) in [4.78, 5) is 0. The number of nitrogens with zero attached hydrogens (tertiary/aromatic N) is 2. The second-order valence-corrected chi connectivity index (χ2v) is 34.0. The number of hydrogen-bond acceptors (Lipinski definition) is 0. The summed E-state index contributed by atoms with van der Waals surface area (Å²) >= 11 is 0. The van der Waals surface area contributed by atoms with Crippen LogP contribution in [0.4, 0.5) is 0 Å². The summed E-state index contributed by atoms with van der Waals surface area (Å²) in [7, 11) is 0. The predicted molar refractivity (Wildman–Crippen MR) is 483 cm³/mol. The molecule has 0 saturated carbocycles. The Kier molecular flexibility index (Phi) is 79.4. The average Bonchev–Trinajstić information content (AvgIpc) is 1.60. The maximum atomic E-state index is 12.6. The number of aryl methyl sites for hydroxylation is 4. The van der Waals surface area contributed by atoms with Gasteiger partial charge >= 0.3 is 20.4 Å². The van der Waals surface area contributed by atoms with Gasteiger partial charge in [-0.1, -0.05) is 448 Å². The van der Waals surface area contributed by atoms with E-state index in [1.54, 1.807) is 15.8 Å². The average molecular weight is 1580 g/mol. The van der Waals surface area contributed by atoms with Gasteiger partial charge in [0.15, 0.2) is 0 Å². The molecule has 0 atom stereocenters. The zero-order valence-electron chi connectivity index (χ0n) is 74.7. The van der Waals surface area contributed by atoms with Crippen LogP contribution in [0.5, 0.6) is 0 Å². The number of benzene rings is 2. The second kappa shape index (κ2) is 80.8. The van der Waals surface area contributed by atoms with Gasteiger partial charge in [0.05, 0.1) is 0 Å². The van der Waals surface area contributed by atoms with Crippen molar-refractivity contribution in [1.29, 1.82) is 0 Å². The number of allylic oxidation sites excluding steroid dienone is 2. The van der Waals surface area contributed by atoms with Gasteiger partial charge in [-0.15, -0.1) is 0 Å². The van der Waals surface area contributed by atoms with Gasteiger partial charge in [0.1, 0.15) is 0 Å². The van der Waals surface area contributed by atoms with E-state index in [2.05, 4.69) is 107 Å². The fourth-order valence-corrected chi connectivity index (χ4v) is 16.8. The molecule has 0 radical (unpaired) electrons. The molecule has 0 bridgehead atoms. The van der Waals surface area contributed by atoms with Crippen LogP contribution in [-0.4, -0.2) is 4.70 Å². The Hall–Kier alpha value is -1.82. The third-order valence-corrected chi connectivity index (χ3v) is 23.9. The van der Waals surface area contributed by atoms with Gasteiger partial charge in [0.25, 0.3) is 0 Å². The first-order valence-electron chi connectivity index (χ1n) is 49.1. The van der Waals surface area contributed by atoms with Crippen LogP contribution in [0.2, 0.25) is 0 Å². The van der Waals surface area contributed by atoms with E-state index in [9.17, 15) is 5.53 Å². The van der Waals surface area contributed by atoms with Gasteiger partial charge in [-0.25, -0.2) is 4.70 Å². The third-order valence-electron chi connectivity index (χ3n) is 23.9. The fourth-order valence-electron chi connectivity index (χ4n) is 16.8. The number of hydrogen-bond donors (Lipinski definition) is 0. The van der Waals surface area contributed by atoms with Gasteiger partial charge in [-0.2, -0.15) is 12.8 Å². The Morgan fingerprint density at radius 3 is 0.589 bits per heavy atom. The minimum atomic E-state index is 0. The molecular weight excluding hydrogens is 1380 g/mol. The monoisotopic (exact) mass is 1570 g/mol. The first-order chi connectivity index (χ1) is 52.3. The van der Waals surface area contributed by atoms with Crippen molar-refractivity contribution >= 4 is 11.4 Å². The second-order valence-electron chi connectivity index (χ2n) is 34.0. The molecule has 2 aromatic carbocycles. The Morgan fingerprint density at radius 2 is 0.393 bits per heavy atom. The van der Waals surface area contributed by atoms with Crippen molar-refractivity contribution in [2.24, 2.45) is 0 Å². The van der Waals surface area contributed by atoms with Crippen LogP contribution < -0.4 is 0 Å². The summed E-state index contributed by atoms with van der Waals surface area (Å²) in [5, 5.41) is 0. The molecule has 1 aliphatic heterocycles. The topological polar surface area (TPSA) is 25.3 Å². The number of rotatable bonds is 76. The molecule has 107 heavy (non-hydrogen) atoms. The Bertz CT molecular complexity index is 2130. The molecule has 0 N–H and O–H groups in total. The summed E-state index contributed by atoms with van der Waals surface area (Å²) in [5.74, 6) is 0. The molecular formula is C104H190N2Pd. The van der Waals surface area contributed by atoms with E-state index in [-0.39, 0.29) is 20.4 Å². The predicted octanol–water partition coefficient (Wildman–Crippen LogP) is 37.3. The molecule has 0 amide bonds. The van der Waals surface area contributed by atoms with Crippen LogP contribution in [0.1, 0.15) is 563 Å². The molecule has 0 aliphatic carbocycles. The van der Waals surface area contributed by atoms with Gasteiger partial charge in [-0.05, 0) is 154 Å². The van der Waals surface area contributed by atoms with E-state index < -0.39 is 0 Å². The van der Waals surface area contributed by atoms with E-state index in [0.29, 0.717) is 0 Å². The van der Waals surface area contributed by atoms with E-state index in [1.807, 2.05) is 0 Å². The van der Waals surface area contributed by atoms with Gasteiger partial charge in [0, 0.05) is 22.3 Å². The van der Waals surface area contributed by atoms with Crippen molar-refractivity contribution in [3.8, 4) is 0 Å². The maximum Gasteiger partial charge on any atom is 2.00 e. The quantitative estimate of drug-likeness (QED) is 0.0273. The fraction of sp³-hybridized carbons (Fsp3) is 0.827. The maximum absolute atomic E-state index is 12.6. The van der Waals surface area contributed by atoms with Crippen LogP contribution in [0.3, 0.4) is 0 Å². The van der Waals surface area contributed by atoms with Crippen LogP contribution >= 0.6 is 0 Å². The zero-order chi connectivity index (χ0) is 77.1. The van der Waals surface area contributed by atoms with E-state index in [0.717, 1.165) is 62.8 Å². The van der Waals surface area contributed by atoms with Crippen molar-refractivity contribution in [2.75, 3.05) is 0 Å². The summed E-state index contributed by atoms with van der Waals surface area (Å²) < 4.78 is 1.68. The van der Waals surface area contributed by atoms with E-state index >= 15 is 0 Å². The van der Waals surface area contributed by atoms with Gasteiger partial charge in [-0.3, -0.25) is 0 Å². The largest absolute Gasteiger partial charge is 2.00 e. The van der Waals surface area contributed by atoms with Crippen LogP contribution in [0.25, 0.3) is 16.9 Å². The molecule has 1 aliphatic rings. The van der Waals surface area contributed by atoms with E-state index in [4.69, 9.17) is 0 Å². The SMILES string of the molecule is CCCCCCC1=C(c2cc(CCCC)c(CCCC)c(CCCC)c2)[N+](=[N-])C(c2cc(CCCC)c(CCCC)c(CCCC)c2)=C1CC.[CH2-]CCCCCCCCCCCCCCCCCCCCCCCCCCC.[CH2-]CCCCCCCCCCCCCCCCCCCCCCCCCCC.[Pd+2]. The van der Waals surface area contributed by atoms with Crippen molar-refractivity contribution < 1.29 is 25.1 Å². The molecule has 2 nitrogen and oxygen atoms in total. The summed E-state index contributed by atoms with van der Waals surface area (Å²) in [5.41, 5.74) is 29.4. The smallest absolute Gasteiger partial charge is 0.493 e. The Balaban J connectivity index is 0.00000169. The third kappa shape index (κ3) is 55.4. The zero-order valence-corrected chi connectivity index (χ0v) is 76.2. The van der Waals surface area contributed by atoms with Crippen molar-refractivity contribution in [3.05, 3.63) is 99.3 Å². The first kappa shape index (κ1) is 105. The van der Waals surface area contributed by atoms with Crippen molar-refractivity contribution in [1.82, 2.24) is 0 Å². The molecule has 3 heteroatoms. The van der Waals surface area contributed by atoms with Crippen LogP contribution in [0.15, 0.2) is 35.4 Å². The summed E-state index contributed by atoms with van der Waals surface area (Å²) in [6.07, 6.45) is 104. The molecule has 0 spiro atoms. The minimum absolute atomic E-state index is 0. The summed E-state index contributed by atoms with van der Waals surface area (Å²) in [6.45, 7) is 31.0. The normalized spacial score (nSPS) is 12.2. The van der Waals surface area contributed by atoms with E-state index in [1.165, 1.54) is 481 Å². The van der Waals surface area contributed by atoms with Gasteiger partial charge in [0.2, 0.25) is 11.4 Å². The molecule has 3 rings (SSSR count). The first-order valence-corrected chi connectivity index (χ1v) is 49.1. The molecule has 626 valence electrons. The Labute approximate surface area is 688 Å². The molecule has 0 fully saturated rings. The minimum Gasteiger partial charge on any atom is -0.493 e. The molecule has 0 unspecified atom stereocenters. The summed E-state index contributed by atoms with van der Waals surface area (Å²) in [6, 6.07) is 10.00. The molecule has 2 aromatic rings. The van der Waals surface area contributed by atoms with Crippen molar-refractivity contribution in [3.63, 3.8) is 0 Å². The van der Waals surface area contributed by atoms with Crippen molar-refractivity contribution in [2.45, 2.75) is 557 Å².